The number of amides is 1. The zero-order valence-electron chi connectivity index (χ0n) is 16.4. The summed E-state index contributed by atoms with van der Waals surface area (Å²) in [5.41, 5.74) is 5.60. The highest BCUT2D eigenvalue weighted by molar-refractivity contribution is 6.30. The van der Waals surface area contributed by atoms with Crippen molar-refractivity contribution in [2.75, 3.05) is 25.9 Å². The van der Waals surface area contributed by atoms with Gasteiger partial charge in [0.25, 0.3) is 0 Å². The summed E-state index contributed by atoms with van der Waals surface area (Å²) in [6.45, 7) is 1.42. The van der Waals surface area contributed by atoms with Crippen LogP contribution in [0.1, 0.15) is 24.0 Å². The second kappa shape index (κ2) is 7.77. The molecule has 0 radical (unpaired) electrons. The number of halogens is 4. The first-order chi connectivity index (χ1) is 14.1. The Morgan fingerprint density at radius 1 is 1.30 bits per heavy atom. The van der Waals surface area contributed by atoms with E-state index in [2.05, 4.69) is 5.10 Å². The first-order valence-corrected chi connectivity index (χ1v) is 10.1. The first-order valence-electron chi connectivity index (χ1n) is 9.77. The molecule has 1 aromatic carbocycles. The molecule has 0 spiro atoms. The van der Waals surface area contributed by atoms with Gasteiger partial charge in [-0.15, -0.1) is 0 Å². The lowest BCUT2D eigenvalue weighted by atomic mass is 10.0. The van der Waals surface area contributed by atoms with Crippen LogP contribution in [-0.2, 0) is 12.7 Å². The minimum atomic E-state index is -4.41. The average Bonchev–Trinajstić information content (AvgIpc) is 3.34. The molecule has 3 atom stereocenters. The van der Waals surface area contributed by atoms with Gasteiger partial charge in [0.15, 0.2) is 0 Å². The van der Waals surface area contributed by atoms with E-state index in [4.69, 9.17) is 17.3 Å². The Morgan fingerprint density at radius 3 is 2.53 bits per heavy atom. The van der Waals surface area contributed by atoms with E-state index in [0.29, 0.717) is 35.6 Å². The number of fused-ring (bicyclic) bond motifs is 1. The van der Waals surface area contributed by atoms with Crippen LogP contribution in [0, 0.1) is 11.8 Å². The van der Waals surface area contributed by atoms with Crippen molar-refractivity contribution in [3.8, 4) is 0 Å². The van der Waals surface area contributed by atoms with Gasteiger partial charge < -0.3 is 10.6 Å². The summed E-state index contributed by atoms with van der Waals surface area (Å²) in [5, 5.41) is 4.26. The van der Waals surface area contributed by atoms with Crippen LogP contribution in [0.5, 0.6) is 0 Å². The van der Waals surface area contributed by atoms with Crippen LogP contribution >= 0.6 is 11.6 Å². The molecule has 2 N–H and O–H groups in total. The van der Waals surface area contributed by atoms with Crippen molar-refractivity contribution in [3.63, 3.8) is 0 Å². The lowest BCUT2D eigenvalue weighted by Gasteiger charge is -2.27. The number of carbonyl (C=O) groups excluding carboxylic acids is 1. The summed E-state index contributed by atoms with van der Waals surface area (Å²) in [6, 6.07) is 3.68. The number of carbonyl (C=O) groups is 1. The van der Waals surface area contributed by atoms with Crippen molar-refractivity contribution in [3.05, 3.63) is 46.7 Å². The normalized spacial score (nSPS) is 23.9. The number of aromatic nitrogens is 2. The first kappa shape index (κ1) is 21.0. The van der Waals surface area contributed by atoms with E-state index in [-0.39, 0.29) is 24.2 Å². The largest absolute Gasteiger partial charge is 0.416 e. The highest BCUT2D eigenvalue weighted by atomic mass is 35.5. The van der Waals surface area contributed by atoms with E-state index in [0.717, 1.165) is 18.9 Å². The molecular formula is C20H23ClF3N5O. The Labute approximate surface area is 177 Å². The molecule has 1 amide bonds. The van der Waals surface area contributed by atoms with Crippen LogP contribution in [0.15, 0.2) is 30.6 Å². The van der Waals surface area contributed by atoms with Gasteiger partial charge in [0.1, 0.15) is 0 Å². The maximum Gasteiger partial charge on any atom is 0.416 e. The molecule has 10 heteroatoms. The minimum absolute atomic E-state index is 0.165. The van der Waals surface area contributed by atoms with Crippen molar-refractivity contribution in [2.24, 2.45) is 11.8 Å². The second-order valence-electron chi connectivity index (χ2n) is 8.27. The number of benzene rings is 1. The summed E-state index contributed by atoms with van der Waals surface area (Å²) in [5.74, 6) is 0.659. The van der Waals surface area contributed by atoms with Crippen molar-refractivity contribution in [1.29, 1.82) is 0 Å². The SMILES string of the molecule is CN(Cc1cc(Cl)ccc1C(F)(F)F)C1C[C@@H]2CN(C(=O)n3cc(N)cn3)C[C@@H]2C1. The monoisotopic (exact) mass is 441 g/mol. The Hall–Kier alpha value is -2.26. The summed E-state index contributed by atoms with van der Waals surface area (Å²) < 4.78 is 41.3. The van der Waals surface area contributed by atoms with Gasteiger partial charge >= 0.3 is 12.2 Å². The van der Waals surface area contributed by atoms with E-state index < -0.39 is 11.7 Å². The van der Waals surface area contributed by atoms with E-state index in [1.807, 2.05) is 11.9 Å². The summed E-state index contributed by atoms with van der Waals surface area (Å²) in [6.07, 6.45) is 0.201. The van der Waals surface area contributed by atoms with Gasteiger partial charge in [0, 0.05) is 30.7 Å². The summed E-state index contributed by atoms with van der Waals surface area (Å²) in [7, 11) is 1.85. The molecule has 1 aromatic heterocycles. The maximum absolute atomic E-state index is 13.3. The number of nitrogen functional groups attached to an aromatic ring is 1. The number of nitrogens with zero attached hydrogens (tertiary/aromatic N) is 4. The number of nitrogens with two attached hydrogens (primary N) is 1. The van der Waals surface area contributed by atoms with Crippen LogP contribution in [0.2, 0.25) is 5.02 Å². The number of likely N-dealkylation sites (tertiary alicyclic amines) is 1. The number of alkyl halides is 3. The average molecular weight is 442 g/mol. The van der Waals surface area contributed by atoms with Crippen LogP contribution in [0.3, 0.4) is 0 Å². The molecule has 2 aliphatic rings. The number of hydrogen-bond donors (Lipinski definition) is 1. The summed E-state index contributed by atoms with van der Waals surface area (Å²) >= 11 is 5.95. The number of anilines is 1. The Kier molecular flexibility index (Phi) is 5.44. The predicted octanol–water partition coefficient (Wildman–Crippen LogP) is 3.95. The molecule has 1 aliphatic carbocycles. The Balaban J connectivity index is 1.39. The number of rotatable bonds is 3. The molecule has 0 bridgehead atoms. The standard InChI is InChI=1S/C20H23ClF3N5O/c1-27(8-14-4-15(21)2-3-18(14)20(22,23)24)17-5-12-9-28(10-13(12)6-17)19(30)29-11-16(25)7-26-29/h2-4,7,11-13,17H,5-6,8-10,25H2,1H3/t12-,13+,17?. The molecule has 6 nitrogen and oxygen atoms in total. The van der Waals surface area contributed by atoms with E-state index in [9.17, 15) is 18.0 Å². The highest BCUT2D eigenvalue weighted by Gasteiger charge is 2.44. The molecule has 2 aromatic rings. The lowest BCUT2D eigenvalue weighted by molar-refractivity contribution is -0.138. The quantitative estimate of drug-likeness (QED) is 0.783. The van der Waals surface area contributed by atoms with Crippen LogP contribution in [-0.4, -0.2) is 51.8 Å². The fourth-order valence-corrected chi connectivity index (χ4v) is 4.93. The lowest BCUT2D eigenvalue weighted by Crippen LogP contribution is -2.36. The molecule has 1 unspecified atom stereocenters. The minimum Gasteiger partial charge on any atom is -0.396 e. The molecule has 2 fully saturated rings. The van der Waals surface area contributed by atoms with Gasteiger partial charge in [-0.2, -0.15) is 23.0 Å². The Bertz CT molecular complexity index is 933. The fraction of sp³-hybridized carbons (Fsp3) is 0.500. The topological polar surface area (TPSA) is 67.4 Å². The van der Waals surface area contributed by atoms with Crippen molar-refractivity contribution in [2.45, 2.75) is 31.6 Å². The predicted molar refractivity (Wildman–Crippen MR) is 107 cm³/mol. The van der Waals surface area contributed by atoms with Gasteiger partial charge in [-0.25, -0.2) is 4.79 Å². The highest BCUT2D eigenvalue weighted by Crippen LogP contribution is 2.41. The molecule has 1 aliphatic heterocycles. The van der Waals surface area contributed by atoms with Gasteiger partial charge in [0.05, 0.1) is 23.6 Å². The molecule has 1 saturated carbocycles. The zero-order valence-corrected chi connectivity index (χ0v) is 17.2. The van der Waals surface area contributed by atoms with Crippen molar-refractivity contribution >= 4 is 23.3 Å². The molecule has 162 valence electrons. The van der Waals surface area contributed by atoms with Crippen LogP contribution in [0.25, 0.3) is 0 Å². The zero-order chi connectivity index (χ0) is 21.6. The molecular weight excluding hydrogens is 419 g/mol. The van der Waals surface area contributed by atoms with E-state index in [1.165, 1.54) is 29.2 Å². The van der Waals surface area contributed by atoms with Gasteiger partial charge in [-0.1, -0.05) is 11.6 Å². The fourth-order valence-electron chi connectivity index (χ4n) is 4.74. The second-order valence-corrected chi connectivity index (χ2v) is 8.70. The molecule has 30 heavy (non-hydrogen) atoms. The third kappa shape index (κ3) is 4.13. The molecule has 1 saturated heterocycles. The smallest absolute Gasteiger partial charge is 0.396 e. The Morgan fingerprint density at radius 2 is 1.97 bits per heavy atom. The van der Waals surface area contributed by atoms with Gasteiger partial charge in [0.2, 0.25) is 0 Å². The van der Waals surface area contributed by atoms with Crippen LogP contribution in [0.4, 0.5) is 23.7 Å². The van der Waals surface area contributed by atoms with Crippen LogP contribution < -0.4 is 5.73 Å². The third-order valence-corrected chi connectivity index (χ3v) is 6.45. The van der Waals surface area contributed by atoms with Gasteiger partial charge in [-0.05, 0) is 55.5 Å². The van der Waals surface area contributed by atoms with E-state index in [1.54, 1.807) is 4.90 Å². The van der Waals surface area contributed by atoms with Gasteiger partial charge in [-0.3, -0.25) is 4.90 Å². The summed E-state index contributed by atoms with van der Waals surface area (Å²) in [4.78, 5) is 16.3. The van der Waals surface area contributed by atoms with Crippen molar-refractivity contribution in [1.82, 2.24) is 19.6 Å². The third-order valence-electron chi connectivity index (χ3n) is 6.21. The number of hydrogen-bond acceptors (Lipinski definition) is 4. The maximum atomic E-state index is 13.3. The molecule has 4 rings (SSSR count). The van der Waals surface area contributed by atoms with E-state index >= 15 is 0 Å². The van der Waals surface area contributed by atoms with Crippen molar-refractivity contribution < 1.29 is 18.0 Å². The molecule has 2 heterocycles.